The van der Waals surface area contributed by atoms with E-state index >= 15 is 0 Å². The minimum absolute atomic E-state index is 0. The fourth-order valence-corrected chi connectivity index (χ4v) is 9.78. The van der Waals surface area contributed by atoms with Crippen molar-refractivity contribution in [2.45, 2.75) is 50.9 Å². The smallest absolute Gasteiger partial charge is 0.380 e. The lowest BCUT2D eigenvalue weighted by atomic mass is 10.0. The van der Waals surface area contributed by atoms with Crippen LogP contribution in [0.3, 0.4) is 0 Å². The molecule has 396 valence electrons. The molecule has 0 saturated carbocycles. The summed E-state index contributed by atoms with van der Waals surface area (Å²) in [5.74, 6) is 3.28. The number of ether oxygens (including phenoxy) is 4. The summed E-state index contributed by atoms with van der Waals surface area (Å²) in [6.45, 7) is 5.68. The van der Waals surface area contributed by atoms with Crippen LogP contribution < -0.4 is 37.6 Å². The van der Waals surface area contributed by atoms with Gasteiger partial charge >= 0.3 is 32.7 Å². The highest BCUT2D eigenvalue weighted by molar-refractivity contribution is 7.85. The van der Waals surface area contributed by atoms with E-state index in [4.69, 9.17) is 37.6 Å². The Balaban J connectivity index is 0.000000211. The van der Waals surface area contributed by atoms with E-state index in [1.54, 1.807) is 60.6 Å². The van der Waals surface area contributed by atoms with Crippen molar-refractivity contribution in [2.75, 3.05) is 53.9 Å². The van der Waals surface area contributed by atoms with E-state index in [9.17, 15) is 26.4 Å². The Morgan fingerprint density at radius 3 is 1.34 bits per heavy atom. The Hall–Kier alpha value is -6.64. The summed E-state index contributed by atoms with van der Waals surface area (Å²) in [7, 11) is -4.65. The third kappa shape index (κ3) is 13.9. The molecule has 4 aliphatic heterocycles. The second kappa shape index (κ2) is 23.7. The highest BCUT2D eigenvalue weighted by Gasteiger charge is 2.29. The van der Waals surface area contributed by atoms with Gasteiger partial charge in [-0.3, -0.25) is 18.9 Å². The van der Waals surface area contributed by atoms with Crippen LogP contribution in [0.15, 0.2) is 110 Å². The minimum Gasteiger partial charge on any atom is -0.454 e. The molecule has 2 amide bonds. The van der Waals surface area contributed by atoms with Gasteiger partial charge in [0.1, 0.15) is 24.2 Å². The molecule has 74 heavy (non-hydrogen) atoms. The summed E-state index contributed by atoms with van der Waals surface area (Å²) >= 11 is 0. The molecular formula is C48H56Cl2N10O12S2. The molecule has 2 saturated heterocycles. The first-order valence-electron chi connectivity index (χ1n) is 23.0. The molecule has 2 fully saturated rings. The molecule has 0 radical (unpaired) electrons. The molecular weight excluding hydrogens is 1040 g/mol. The molecule has 26 heteroatoms. The van der Waals surface area contributed by atoms with E-state index in [-0.39, 0.29) is 74.0 Å². The van der Waals surface area contributed by atoms with Crippen molar-refractivity contribution < 1.29 is 53.7 Å². The summed E-state index contributed by atoms with van der Waals surface area (Å²) in [6.07, 6.45) is 9.59. The number of fused-ring (bicyclic) bond motifs is 2. The molecule has 10 rings (SSSR count). The molecule has 0 spiro atoms. The first-order chi connectivity index (χ1) is 34.5. The first-order valence-corrected chi connectivity index (χ1v) is 25.9. The maximum absolute atomic E-state index is 13.1. The molecule has 6 heterocycles. The van der Waals surface area contributed by atoms with E-state index in [1.165, 1.54) is 57.2 Å². The lowest BCUT2D eigenvalue weighted by Gasteiger charge is -2.36. The van der Waals surface area contributed by atoms with E-state index in [2.05, 4.69) is 31.9 Å². The number of carbonyl (C=O) groups excluding carboxylic acids is 2. The van der Waals surface area contributed by atoms with Crippen LogP contribution in [0.1, 0.15) is 36.8 Å². The minimum atomic E-state index is -4.13. The van der Waals surface area contributed by atoms with Gasteiger partial charge in [0.05, 0.1) is 11.4 Å². The van der Waals surface area contributed by atoms with Gasteiger partial charge < -0.3 is 37.1 Å². The third-order valence-corrected chi connectivity index (χ3v) is 13.6. The lowest BCUT2D eigenvalue weighted by Crippen LogP contribution is -2.46. The monoisotopic (exact) mass is 1100 g/mol. The zero-order valence-corrected chi connectivity index (χ0v) is 43.6. The van der Waals surface area contributed by atoms with E-state index in [0.29, 0.717) is 22.5 Å². The number of hydrogen-bond acceptors (Lipinski definition) is 16. The Morgan fingerprint density at radius 1 is 0.581 bits per heavy atom. The summed E-state index contributed by atoms with van der Waals surface area (Å²) in [6, 6.07) is 24.6. The Kier molecular flexibility index (Phi) is 17.7. The molecule has 0 aliphatic carbocycles. The topological polar surface area (TPSA) is 258 Å². The van der Waals surface area contributed by atoms with Crippen molar-refractivity contribution in [2.24, 2.45) is 10.3 Å². The van der Waals surface area contributed by atoms with Crippen molar-refractivity contribution in [3.63, 3.8) is 0 Å². The number of imidazole rings is 2. The number of carbonyl (C=O) groups is 2. The van der Waals surface area contributed by atoms with Crippen molar-refractivity contribution in [1.82, 2.24) is 38.7 Å². The number of benzene rings is 4. The number of amides is 2. The molecule has 4 aliphatic rings. The number of hydrogen-bond donors (Lipinski definition) is 2. The van der Waals surface area contributed by atoms with Crippen molar-refractivity contribution in [1.29, 1.82) is 0 Å². The highest BCUT2D eigenvalue weighted by Crippen LogP contribution is 2.35. The van der Waals surface area contributed by atoms with Crippen molar-refractivity contribution in [3.8, 4) is 57.0 Å². The standard InChI is InChI=1S/2C24H27N5O6S.2ClH/c2*1-27(19-7-9-28(10-8-19)13-17-5-6-22-23(11-17)34-16-33-22)24(30)29-14-21(26-15-29)18-3-2-4-20(12-18)35-36(25,31)32;;/h2*2-6,11-12,14-15,19H,7-10,13,16H2,1H3,(H2,25,31,32);2*1H. The lowest BCUT2D eigenvalue weighted by molar-refractivity contribution is 0.131. The van der Waals surface area contributed by atoms with Gasteiger partial charge in [-0.15, -0.1) is 24.8 Å². The molecule has 4 aromatic carbocycles. The summed E-state index contributed by atoms with van der Waals surface area (Å²) < 4.78 is 78.8. The average Bonchev–Trinajstić information content (AvgIpc) is 4.21. The van der Waals surface area contributed by atoms with Gasteiger partial charge in [-0.1, -0.05) is 36.4 Å². The number of nitrogens with zero attached hydrogens (tertiary/aromatic N) is 8. The van der Waals surface area contributed by atoms with Gasteiger partial charge in [0.2, 0.25) is 13.6 Å². The Bertz CT molecular complexity index is 2960. The maximum Gasteiger partial charge on any atom is 0.380 e. The van der Waals surface area contributed by atoms with Crippen LogP contribution in [0.4, 0.5) is 9.59 Å². The number of nitrogens with two attached hydrogens (primary N) is 2. The van der Waals surface area contributed by atoms with E-state index in [0.717, 1.165) is 87.9 Å². The van der Waals surface area contributed by atoms with Crippen molar-refractivity contribution in [3.05, 3.63) is 121 Å². The van der Waals surface area contributed by atoms with Crippen LogP contribution in [-0.2, 0) is 33.7 Å². The van der Waals surface area contributed by atoms with Crippen LogP contribution in [0.25, 0.3) is 22.5 Å². The third-order valence-electron chi connectivity index (χ3n) is 12.8. The van der Waals surface area contributed by atoms with Crippen LogP contribution >= 0.6 is 24.8 Å². The number of halogens is 2. The molecule has 0 atom stereocenters. The number of likely N-dealkylation sites (tertiary alicyclic amines) is 2. The second-order valence-electron chi connectivity index (χ2n) is 17.7. The molecule has 2 aromatic heterocycles. The largest absolute Gasteiger partial charge is 0.454 e. The fraction of sp³-hybridized carbons (Fsp3) is 0.333. The van der Waals surface area contributed by atoms with Gasteiger partial charge in [-0.25, -0.2) is 19.6 Å². The van der Waals surface area contributed by atoms with Crippen LogP contribution in [0.5, 0.6) is 34.5 Å². The molecule has 4 N–H and O–H groups in total. The van der Waals surface area contributed by atoms with Crippen LogP contribution in [0.2, 0.25) is 0 Å². The number of aromatic nitrogens is 4. The number of rotatable bonds is 12. The predicted molar refractivity (Wildman–Crippen MR) is 276 cm³/mol. The Labute approximate surface area is 441 Å². The van der Waals surface area contributed by atoms with Gasteiger partial charge in [-0.05, 0) is 85.3 Å². The summed E-state index contributed by atoms with van der Waals surface area (Å²) in [5.41, 5.74) is 4.56. The van der Waals surface area contributed by atoms with E-state index in [1.807, 2.05) is 24.3 Å². The SMILES string of the molecule is CN(C(=O)n1cnc(-c2cccc(OS(N)(=O)=O)c2)c1)C1CCN(Cc2ccc3c(c2)OCO3)CC1.CN(C(=O)n1cnc(-c2cccc(OS(N)(=O)=O)c2)c1)C1CCN(Cc2ccc3c(c2)OCO3)CC1.Cl.Cl. The summed E-state index contributed by atoms with van der Waals surface area (Å²) in [5, 5.41) is 9.88. The highest BCUT2D eigenvalue weighted by atomic mass is 35.5. The zero-order valence-electron chi connectivity index (χ0n) is 40.3. The molecule has 0 bridgehead atoms. The number of piperidine rings is 2. The average molecular weight is 1100 g/mol. The fourth-order valence-electron chi connectivity index (χ4n) is 9.04. The van der Waals surface area contributed by atoms with E-state index < -0.39 is 20.6 Å². The molecule has 22 nitrogen and oxygen atoms in total. The molecule has 6 aromatic rings. The van der Waals surface area contributed by atoms with Gasteiger partial charge in [0.25, 0.3) is 0 Å². The van der Waals surface area contributed by atoms with Crippen LogP contribution in [-0.4, -0.2) is 134 Å². The zero-order chi connectivity index (χ0) is 50.6. The first kappa shape index (κ1) is 55.1. The second-order valence-corrected chi connectivity index (χ2v) is 20.0. The summed E-state index contributed by atoms with van der Waals surface area (Å²) in [4.78, 5) is 43.1. The quantitative estimate of drug-likeness (QED) is 0.149. The van der Waals surface area contributed by atoms with Gasteiger partial charge in [0.15, 0.2) is 23.0 Å². The van der Waals surface area contributed by atoms with Gasteiger partial charge in [-0.2, -0.15) is 27.1 Å². The predicted octanol–water partition coefficient (Wildman–Crippen LogP) is 5.69. The maximum atomic E-state index is 13.1. The normalized spacial score (nSPS) is 15.7. The van der Waals surface area contributed by atoms with Crippen molar-refractivity contribution >= 4 is 57.5 Å². The molecule has 0 unspecified atom stereocenters. The van der Waals surface area contributed by atoms with Crippen LogP contribution in [0, 0.1) is 0 Å². The van der Waals surface area contributed by atoms with Gasteiger partial charge in [0, 0.05) is 89.0 Å². The Morgan fingerprint density at radius 2 is 0.959 bits per heavy atom.